The number of benzene rings is 1. The highest BCUT2D eigenvalue weighted by Gasteiger charge is 2.22. The molecule has 0 aromatic heterocycles. The van der Waals surface area contributed by atoms with Crippen LogP contribution in [0.2, 0.25) is 0 Å². The van der Waals surface area contributed by atoms with Crippen LogP contribution in [0.1, 0.15) is 40.0 Å². The van der Waals surface area contributed by atoms with Crippen LogP contribution < -0.4 is 10.2 Å². The lowest BCUT2D eigenvalue weighted by Gasteiger charge is -2.20. The average molecular weight is 304 g/mol. The summed E-state index contributed by atoms with van der Waals surface area (Å²) in [5.74, 6) is 0.723. The Morgan fingerprint density at radius 3 is 2.73 bits per heavy atom. The predicted molar refractivity (Wildman–Crippen MR) is 90.2 cm³/mol. The molecule has 1 fully saturated rings. The fourth-order valence-electron chi connectivity index (χ4n) is 2.84. The van der Waals surface area contributed by atoms with Crippen molar-refractivity contribution in [3.8, 4) is 0 Å². The van der Waals surface area contributed by atoms with Gasteiger partial charge in [0.2, 0.25) is 0 Å². The number of ether oxygens (including phenoxy) is 1. The largest absolute Gasteiger partial charge is 0.444 e. The van der Waals surface area contributed by atoms with E-state index in [1.807, 2.05) is 20.8 Å². The van der Waals surface area contributed by atoms with E-state index in [2.05, 4.69) is 40.5 Å². The van der Waals surface area contributed by atoms with Crippen LogP contribution in [-0.4, -0.2) is 31.3 Å². The molecule has 1 atom stereocenters. The molecule has 4 heteroatoms. The van der Waals surface area contributed by atoms with Crippen molar-refractivity contribution in [1.29, 1.82) is 0 Å². The predicted octanol–water partition coefficient (Wildman–Crippen LogP) is 3.82. The van der Waals surface area contributed by atoms with Crippen LogP contribution in [0.25, 0.3) is 0 Å². The number of nitrogens with one attached hydrogen (secondary N) is 1. The van der Waals surface area contributed by atoms with E-state index in [1.54, 1.807) is 0 Å². The van der Waals surface area contributed by atoms with E-state index in [4.69, 9.17) is 4.74 Å². The molecule has 1 saturated heterocycles. The number of rotatable bonds is 5. The van der Waals surface area contributed by atoms with E-state index in [9.17, 15) is 4.79 Å². The lowest BCUT2D eigenvalue weighted by Crippen LogP contribution is -2.33. The van der Waals surface area contributed by atoms with Gasteiger partial charge in [-0.05, 0) is 58.1 Å². The van der Waals surface area contributed by atoms with Gasteiger partial charge in [-0.15, -0.1) is 0 Å². The van der Waals surface area contributed by atoms with Crippen molar-refractivity contribution in [2.24, 2.45) is 5.92 Å². The summed E-state index contributed by atoms with van der Waals surface area (Å²) < 4.78 is 5.23. The minimum atomic E-state index is -0.425. The van der Waals surface area contributed by atoms with Crippen molar-refractivity contribution >= 4 is 11.8 Å². The van der Waals surface area contributed by atoms with E-state index in [1.165, 1.54) is 12.1 Å². The van der Waals surface area contributed by atoms with Crippen molar-refractivity contribution < 1.29 is 9.53 Å². The number of para-hydroxylation sites is 1. The van der Waals surface area contributed by atoms with Crippen LogP contribution >= 0.6 is 0 Å². The Bertz CT molecular complexity index is 468. The maximum Gasteiger partial charge on any atom is 0.407 e. The molecule has 0 saturated carbocycles. The molecule has 0 radical (unpaired) electrons. The topological polar surface area (TPSA) is 41.6 Å². The lowest BCUT2D eigenvalue weighted by atomic mass is 10.0. The SMILES string of the molecule is CC(C)(C)OC(=O)NCCCC1CCN(c2ccccc2)C1. The number of hydrogen-bond acceptors (Lipinski definition) is 3. The van der Waals surface area contributed by atoms with Gasteiger partial charge in [-0.3, -0.25) is 0 Å². The molecule has 1 unspecified atom stereocenters. The van der Waals surface area contributed by atoms with Gasteiger partial charge in [0.05, 0.1) is 0 Å². The first-order valence-corrected chi connectivity index (χ1v) is 8.21. The number of amides is 1. The molecule has 1 aromatic rings. The number of nitrogens with zero attached hydrogens (tertiary/aromatic N) is 1. The van der Waals surface area contributed by atoms with Gasteiger partial charge >= 0.3 is 6.09 Å². The molecule has 22 heavy (non-hydrogen) atoms. The summed E-state index contributed by atoms with van der Waals surface area (Å²) in [6.07, 6.45) is 3.08. The molecule has 4 nitrogen and oxygen atoms in total. The van der Waals surface area contributed by atoms with E-state index in [-0.39, 0.29) is 6.09 Å². The third-order valence-electron chi connectivity index (χ3n) is 3.86. The first-order valence-electron chi connectivity index (χ1n) is 8.21. The third-order valence-corrected chi connectivity index (χ3v) is 3.86. The summed E-state index contributed by atoms with van der Waals surface area (Å²) in [5.41, 5.74) is 0.892. The molecular weight excluding hydrogens is 276 g/mol. The first-order chi connectivity index (χ1) is 10.4. The van der Waals surface area contributed by atoms with Gasteiger partial charge in [-0.1, -0.05) is 18.2 Å². The van der Waals surface area contributed by atoms with Crippen LogP contribution in [0.4, 0.5) is 10.5 Å². The van der Waals surface area contributed by atoms with E-state index < -0.39 is 5.60 Å². The highest BCUT2D eigenvalue weighted by molar-refractivity contribution is 5.67. The molecule has 1 aliphatic heterocycles. The Morgan fingerprint density at radius 2 is 2.05 bits per heavy atom. The number of alkyl carbamates (subject to hydrolysis) is 1. The normalized spacial score (nSPS) is 18.3. The Morgan fingerprint density at radius 1 is 1.32 bits per heavy atom. The molecule has 2 rings (SSSR count). The summed E-state index contributed by atoms with van der Waals surface area (Å²) in [4.78, 5) is 14.0. The smallest absolute Gasteiger partial charge is 0.407 e. The summed E-state index contributed by atoms with van der Waals surface area (Å²) in [7, 11) is 0. The van der Waals surface area contributed by atoms with Crippen molar-refractivity contribution in [2.45, 2.75) is 45.6 Å². The Labute approximate surface area is 133 Å². The minimum absolute atomic E-state index is 0.315. The summed E-state index contributed by atoms with van der Waals surface area (Å²) in [5, 5.41) is 2.83. The van der Waals surface area contributed by atoms with Crippen LogP contribution in [0.3, 0.4) is 0 Å². The lowest BCUT2D eigenvalue weighted by molar-refractivity contribution is 0.0526. The fourth-order valence-corrected chi connectivity index (χ4v) is 2.84. The van der Waals surface area contributed by atoms with Crippen molar-refractivity contribution in [3.05, 3.63) is 30.3 Å². The molecular formula is C18H28N2O2. The van der Waals surface area contributed by atoms with Gasteiger partial charge in [0.25, 0.3) is 0 Å². The maximum atomic E-state index is 11.6. The van der Waals surface area contributed by atoms with Crippen LogP contribution in [0.5, 0.6) is 0 Å². The Balaban J connectivity index is 1.62. The fraction of sp³-hybridized carbons (Fsp3) is 0.611. The number of hydrogen-bond donors (Lipinski definition) is 1. The third kappa shape index (κ3) is 5.58. The van der Waals surface area contributed by atoms with E-state index in [0.717, 1.165) is 31.8 Å². The van der Waals surface area contributed by atoms with Gasteiger partial charge in [0, 0.05) is 25.3 Å². The Hall–Kier alpha value is -1.71. The minimum Gasteiger partial charge on any atom is -0.444 e. The molecule has 0 bridgehead atoms. The second-order valence-corrected chi connectivity index (χ2v) is 7.01. The first kappa shape index (κ1) is 16.7. The van der Waals surface area contributed by atoms with Gasteiger partial charge in [-0.25, -0.2) is 4.79 Å². The van der Waals surface area contributed by atoms with Gasteiger partial charge in [0.1, 0.15) is 5.60 Å². The molecule has 0 spiro atoms. The monoisotopic (exact) mass is 304 g/mol. The maximum absolute atomic E-state index is 11.6. The zero-order chi connectivity index (χ0) is 16.0. The highest BCUT2D eigenvalue weighted by atomic mass is 16.6. The highest BCUT2D eigenvalue weighted by Crippen LogP contribution is 2.26. The van der Waals surface area contributed by atoms with Crippen molar-refractivity contribution in [3.63, 3.8) is 0 Å². The number of anilines is 1. The van der Waals surface area contributed by atoms with Crippen molar-refractivity contribution in [1.82, 2.24) is 5.32 Å². The number of carbonyl (C=O) groups is 1. The van der Waals surface area contributed by atoms with Gasteiger partial charge in [0.15, 0.2) is 0 Å². The number of carbonyl (C=O) groups excluding carboxylic acids is 1. The molecule has 1 N–H and O–H groups in total. The molecule has 1 aliphatic rings. The van der Waals surface area contributed by atoms with Gasteiger partial charge < -0.3 is 15.0 Å². The quantitative estimate of drug-likeness (QED) is 0.841. The van der Waals surface area contributed by atoms with Crippen molar-refractivity contribution in [2.75, 3.05) is 24.5 Å². The standard InChI is InChI=1S/C18H28N2O2/c1-18(2,3)22-17(21)19-12-7-8-15-11-13-20(14-15)16-9-5-4-6-10-16/h4-6,9-10,15H,7-8,11-14H2,1-3H3,(H,19,21). The zero-order valence-electron chi connectivity index (χ0n) is 14.0. The molecule has 122 valence electrons. The van der Waals surface area contributed by atoms with E-state index in [0.29, 0.717) is 6.54 Å². The van der Waals surface area contributed by atoms with Crippen LogP contribution in [0, 0.1) is 5.92 Å². The average Bonchev–Trinajstić information content (AvgIpc) is 2.91. The molecule has 1 heterocycles. The van der Waals surface area contributed by atoms with E-state index >= 15 is 0 Å². The zero-order valence-corrected chi connectivity index (χ0v) is 14.0. The molecule has 1 amide bonds. The molecule has 1 aromatic carbocycles. The van der Waals surface area contributed by atoms with Crippen LogP contribution in [-0.2, 0) is 4.74 Å². The second-order valence-electron chi connectivity index (χ2n) is 7.01. The van der Waals surface area contributed by atoms with Crippen LogP contribution in [0.15, 0.2) is 30.3 Å². The Kier molecular flexibility index (Phi) is 5.69. The molecule has 0 aliphatic carbocycles. The van der Waals surface area contributed by atoms with Gasteiger partial charge in [-0.2, -0.15) is 0 Å². The summed E-state index contributed by atoms with van der Waals surface area (Å²) in [6, 6.07) is 10.6. The summed E-state index contributed by atoms with van der Waals surface area (Å²) in [6.45, 7) is 8.58. The summed E-state index contributed by atoms with van der Waals surface area (Å²) >= 11 is 0. The second kappa shape index (κ2) is 7.52.